The summed E-state index contributed by atoms with van der Waals surface area (Å²) in [6.45, 7) is 0. The Morgan fingerprint density at radius 3 is 2.42 bits per heavy atom. The molecule has 1 aliphatic heterocycles. The Bertz CT molecular complexity index is 1210. The molecule has 0 aliphatic carbocycles. The molecule has 4 rings (SSSR count). The lowest BCUT2D eigenvalue weighted by Gasteiger charge is -2.05. The molecule has 0 atom stereocenters. The molecule has 0 spiro atoms. The Hall–Kier alpha value is -3.06. The van der Waals surface area contributed by atoms with Gasteiger partial charge in [0, 0.05) is 10.0 Å². The monoisotopic (exact) mass is 468 g/mol. The van der Waals surface area contributed by atoms with E-state index in [-0.39, 0.29) is 5.91 Å². The van der Waals surface area contributed by atoms with Crippen molar-refractivity contribution in [2.45, 2.75) is 0 Å². The largest absolute Gasteiger partial charge is 0.423 e. The average Bonchev–Trinajstić information content (AvgIpc) is 3.09. The number of benzene rings is 3. The van der Waals surface area contributed by atoms with Gasteiger partial charge in [-0.1, -0.05) is 41.4 Å². The van der Waals surface area contributed by atoms with Gasteiger partial charge in [0.25, 0.3) is 5.91 Å². The van der Waals surface area contributed by atoms with Crippen LogP contribution in [-0.4, -0.2) is 17.0 Å². The third-order valence-corrected chi connectivity index (χ3v) is 5.55. The second-order valence-corrected chi connectivity index (χ2v) is 8.33. The number of amidine groups is 1. The summed E-state index contributed by atoms with van der Waals surface area (Å²) in [5.74, 6) is -0.336. The molecular formula is C23H14Cl2N2O3S. The maximum absolute atomic E-state index is 12.2. The first-order valence-electron chi connectivity index (χ1n) is 9.09. The number of nitrogens with zero attached hydrogens (tertiary/aromatic N) is 1. The van der Waals surface area contributed by atoms with E-state index in [9.17, 15) is 9.59 Å². The maximum Gasteiger partial charge on any atom is 0.343 e. The Kier molecular flexibility index (Phi) is 6.42. The van der Waals surface area contributed by atoms with Gasteiger partial charge >= 0.3 is 5.97 Å². The third kappa shape index (κ3) is 5.55. The fourth-order valence-corrected chi connectivity index (χ4v) is 3.84. The van der Waals surface area contributed by atoms with Crippen LogP contribution in [0.1, 0.15) is 15.9 Å². The summed E-state index contributed by atoms with van der Waals surface area (Å²) in [7, 11) is 0. The van der Waals surface area contributed by atoms with Gasteiger partial charge in [-0.05, 0) is 78.0 Å². The number of esters is 1. The molecule has 1 saturated heterocycles. The van der Waals surface area contributed by atoms with Crippen LogP contribution in [0.25, 0.3) is 6.08 Å². The topological polar surface area (TPSA) is 67.8 Å². The molecule has 0 unspecified atom stereocenters. The van der Waals surface area contributed by atoms with Crippen molar-refractivity contribution >= 4 is 63.8 Å². The van der Waals surface area contributed by atoms with E-state index < -0.39 is 5.97 Å². The van der Waals surface area contributed by atoms with Gasteiger partial charge in [-0.25, -0.2) is 9.79 Å². The molecule has 0 bridgehead atoms. The Balaban J connectivity index is 1.43. The standard InChI is InChI=1S/C23H14Cl2N2O3S/c24-16-6-8-18(9-7-16)26-23-27-21(28)20(31-23)12-14-4-10-19(11-5-14)30-22(29)15-2-1-3-17(25)13-15/h1-13H,(H,26,27,28)/b20-12-. The highest BCUT2D eigenvalue weighted by atomic mass is 35.5. The number of nitrogens with one attached hydrogen (secondary N) is 1. The van der Waals surface area contributed by atoms with Crippen LogP contribution < -0.4 is 10.1 Å². The first-order valence-corrected chi connectivity index (χ1v) is 10.7. The van der Waals surface area contributed by atoms with Crippen LogP contribution in [0.5, 0.6) is 5.75 Å². The molecule has 0 saturated carbocycles. The maximum atomic E-state index is 12.2. The molecule has 1 heterocycles. The fourth-order valence-electron chi connectivity index (χ4n) is 2.68. The molecular weight excluding hydrogens is 455 g/mol. The van der Waals surface area contributed by atoms with Gasteiger partial charge in [0.05, 0.1) is 16.2 Å². The normalized spacial score (nSPS) is 15.9. The van der Waals surface area contributed by atoms with Crippen LogP contribution in [-0.2, 0) is 4.79 Å². The number of amides is 1. The first-order chi connectivity index (χ1) is 15.0. The smallest absolute Gasteiger partial charge is 0.343 e. The van der Waals surface area contributed by atoms with Crippen molar-refractivity contribution in [1.82, 2.24) is 5.32 Å². The SMILES string of the molecule is O=C1NC(=Nc2ccc(Cl)cc2)S/C1=C\c1ccc(OC(=O)c2cccc(Cl)c2)cc1. The van der Waals surface area contributed by atoms with Gasteiger partial charge in [-0.15, -0.1) is 0 Å². The van der Waals surface area contributed by atoms with Crippen LogP contribution in [0.3, 0.4) is 0 Å². The highest BCUT2D eigenvalue weighted by molar-refractivity contribution is 8.18. The predicted molar refractivity (Wildman–Crippen MR) is 125 cm³/mol. The number of thioether (sulfide) groups is 1. The number of carbonyl (C=O) groups excluding carboxylic acids is 2. The molecule has 5 nitrogen and oxygen atoms in total. The lowest BCUT2D eigenvalue weighted by molar-refractivity contribution is -0.115. The lowest BCUT2D eigenvalue weighted by atomic mass is 10.2. The van der Waals surface area contributed by atoms with Gasteiger partial charge in [-0.2, -0.15) is 0 Å². The van der Waals surface area contributed by atoms with Crippen LogP contribution in [0.2, 0.25) is 10.0 Å². The number of ether oxygens (including phenoxy) is 1. The van der Waals surface area contributed by atoms with Crippen LogP contribution in [0.4, 0.5) is 5.69 Å². The minimum absolute atomic E-state index is 0.228. The van der Waals surface area contributed by atoms with Crippen LogP contribution >= 0.6 is 35.0 Å². The fraction of sp³-hybridized carbons (Fsp3) is 0. The van der Waals surface area contributed by atoms with E-state index in [4.69, 9.17) is 27.9 Å². The Labute approximate surface area is 192 Å². The second-order valence-electron chi connectivity index (χ2n) is 6.43. The van der Waals surface area contributed by atoms with E-state index >= 15 is 0 Å². The molecule has 1 aliphatic rings. The molecule has 8 heteroatoms. The van der Waals surface area contributed by atoms with Gasteiger partial charge in [0.2, 0.25) is 0 Å². The average molecular weight is 469 g/mol. The van der Waals surface area contributed by atoms with E-state index in [1.165, 1.54) is 11.8 Å². The van der Waals surface area contributed by atoms with Crippen LogP contribution in [0.15, 0.2) is 82.7 Å². The highest BCUT2D eigenvalue weighted by Gasteiger charge is 2.23. The van der Waals surface area contributed by atoms with Crippen molar-refractivity contribution in [3.63, 3.8) is 0 Å². The summed E-state index contributed by atoms with van der Waals surface area (Å²) in [5, 5.41) is 4.31. The van der Waals surface area contributed by atoms with Crippen molar-refractivity contribution in [3.05, 3.63) is 98.9 Å². The zero-order chi connectivity index (χ0) is 21.8. The van der Waals surface area contributed by atoms with Crippen molar-refractivity contribution in [2.75, 3.05) is 0 Å². The van der Waals surface area contributed by atoms with E-state index in [1.807, 2.05) is 0 Å². The number of rotatable bonds is 4. The lowest BCUT2D eigenvalue weighted by Crippen LogP contribution is -2.19. The molecule has 3 aromatic rings. The molecule has 3 aromatic carbocycles. The van der Waals surface area contributed by atoms with E-state index in [0.717, 1.165) is 5.56 Å². The van der Waals surface area contributed by atoms with E-state index in [2.05, 4.69) is 10.3 Å². The van der Waals surface area contributed by atoms with E-state index in [1.54, 1.807) is 78.9 Å². The molecule has 0 aromatic heterocycles. The van der Waals surface area contributed by atoms with Gasteiger partial charge in [0.15, 0.2) is 5.17 Å². The zero-order valence-electron chi connectivity index (χ0n) is 15.8. The summed E-state index contributed by atoms with van der Waals surface area (Å²) < 4.78 is 5.36. The van der Waals surface area contributed by atoms with Gasteiger partial charge in [0.1, 0.15) is 5.75 Å². The first kappa shape index (κ1) is 21.2. The minimum atomic E-state index is -0.498. The molecule has 0 radical (unpaired) electrons. The number of halogens is 2. The molecule has 1 N–H and O–H groups in total. The number of aliphatic imine (C=N–C) groups is 1. The van der Waals surface area contributed by atoms with Gasteiger partial charge < -0.3 is 10.1 Å². The van der Waals surface area contributed by atoms with Gasteiger partial charge in [-0.3, -0.25) is 4.79 Å². The minimum Gasteiger partial charge on any atom is -0.423 e. The summed E-state index contributed by atoms with van der Waals surface area (Å²) in [6.07, 6.45) is 1.74. The predicted octanol–water partition coefficient (Wildman–Crippen LogP) is 6.10. The molecule has 1 amide bonds. The Morgan fingerprint density at radius 1 is 0.968 bits per heavy atom. The number of hydrogen-bond acceptors (Lipinski definition) is 5. The van der Waals surface area contributed by atoms with Crippen molar-refractivity contribution < 1.29 is 14.3 Å². The van der Waals surface area contributed by atoms with E-state index in [0.29, 0.717) is 37.1 Å². The summed E-state index contributed by atoms with van der Waals surface area (Å²) >= 11 is 13.0. The van der Waals surface area contributed by atoms with Crippen LogP contribution in [0, 0.1) is 0 Å². The molecule has 1 fully saturated rings. The quantitative estimate of drug-likeness (QED) is 0.285. The number of hydrogen-bond donors (Lipinski definition) is 1. The second kappa shape index (κ2) is 9.39. The highest BCUT2D eigenvalue weighted by Crippen LogP contribution is 2.29. The third-order valence-electron chi connectivity index (χ3n) is 4.16. The summed E-state index contributed by atoms with van der Waals surface area (Å²) in [6, 6.07) is 20.4. The number of carbonyl (C=O) groups is 2. The Morgan fingerprint density at radius 2 is 1.71 bits per heavy atom. The van der Waals surface area contributed by atoms with Crippen molar-refractivity contribution in [1.29, 1.82) is 0 Å². The zero-order valence-corrected chi connectivity index (χ0v) is 18.2. The van der Waals surface area contributed by atoms with Crippen molar-refractivity contribution in [2.24, 2.45) is 4.99 Å². The molecule has 31 heavy (non-hydrogen) atoms. The summed E-state index contributed by atoms with van der Waals surface area (Å²) in [4.78, 5) is 29.4. The van der Waals surface area contributed by atoms with Crippen molar-refractivity contribution in [3.8, 4) is 5.75 Å². The summed E-state index contributed by atoms with van der Waals surface area (Å²) in [5.41, 5.74) is 1.84. The molecule has 154 valence electrons.